The molecular formula is C7H8N2O5. The monoisotopic (exact) mass is 200 g/mol. The van der Waals surface area contributed by atoms with Crippen LogP contribution in [-0.2, 0) is 7.05 Å². The van der Waals surface area contributed by atoms with E-state index in [-0.39, 0.29) is 10.3 Å². The first-order chi connectivity index (χ1) is 6.49. The maximum Gasteiger partial charge on any atom is 0.422 e. The van der Waals surface area contributed by atoms with Crippen molar-refractivity contribution in [3.63, 3.8) is 0 Å². The third-order valence-electron chi connectivity index (χ3n) is 1.63. The van der Waals surface area contributed by atoms with Gasteiger partial charge in [0.1, 0.15) is 0 Å². The topological polar surface area (TPSA) is 90.5 Å². The summed E-state index contributed by atoms with van der Waals surface area (Å²) in [6.45, 7) is 0. The zero-order valence-electron chi connectivity index (χ0n) is 7.55. The lowest BCUT2D eigenvalue weighted by atomic mass is 10.5. The Kier molecular flexibility index (Phi) is 2.41. The summed E-state index contributed by atoms with van der Waals surface area (Å²) < 4.78 is 5.65. The Balaban J connectivity index is 3.71. The molecule has 0 saturated heterocycles. The first-order valence-corrected chi connectivity index (χ1v) is 3.59. The average molecular weight is 200 g/mol. The number of methoxy groups -OCH3 is 1. The highest BCUT2D eigenvalue weighted by Gasteiger charge is 2.14. The van der Waals surface area contributed by atoms with Gasteiger partial charge in [-0.15, -0.1) is 0 Å². The van der Waals surface area contributed by atoms with E-state index in [2.05, 4.69) is 4.74 Å². The quantitative estimate of drug-likeness (QED) is 0.633. The van der Waals surface area contributed by atoms with Crippen molar-refractivity contribution in [1.29, 1.82) is 0 Å². The number of carboxylic acid groups (broad SMARTS) is 1. The molecule has 0 aromatic carbocycles. The van der Waals surface area contributed by atoms with E-state index in [1.54, 1.807) is 0 Å². The van der Waals surface area contributed by atoms with Crippen LogP contribution in [0.5, 0.6) is 5.75 Å². The molecule has 0 atom stereocenters. The molecule has 0 radical (unpaired) electrons. The lowest BCUT2D eigenvalue weighted by Gasteiger charge is -2.04. The second-order valence-electron chi connectivity index (χ2n) is 2.51. The number of carbonyl (C=O) groups is 1. The maximum absolute atomic E-state index is 11.3. The number of nitrogens with zero attached hydrogens (tertiary/aromatic N) is 2. The molecule has 0 aliphatic heterocycles. The predicted octanol–water partition coefficient (Wildman–Crippen LogP) is -0.918. The van der Waals surface area contributed by atoms with Crippen LogP contribution in [0.2, 0.25) is 0 Å². The summed E-state index contributed by atoms with van der Waals surface area (Å²) in [5, 5.41) is 8.58. The van der Waals surface area contributed by atoms with Crippen LogP contribution < -0.4 is 16.0 Å². The molecule has 0 aliphatic rings. The number of rotatable bonds is 1. The highest BCUT2D eigenvalue weighted by molar-refractivity contribution is 5.67. The van der Waals surface area contributed by atoms with Crippen LogP contribution >= 0.6 is 0 Å². The van der Waals surface area contributed by atoms with Gasteiger partial charge in [-0.25, -0.2) is 9.59 Å². The Morgan fingerprint density at radius 2 is 2.07 bits per heavy atom. The minimum Gasteiger partial charge on any atom is -0.490 e. The van der Waals surface area contributed by atoms with Crippen molar-refractivity contribution >= 4 is 6.09 Å². The summed E-state index contributed by atoms with van der Waals surface area (Å²) >= 11 is 0. The molecule has 1 aromatic heterocycles. The fourth-order valence-electron chi connectivity index (χ4n) is 0.950. The van der Waals surface area contributed by atoms with Crippen LogP contribution in [0.3, 0.4) is 0 Å². The zero-order valence-corrected chi connectivity index (χ0v) is 7.55. The molecule has 0 saturated carbocycles. The van der Waals surface area contributed by atoms with E-state index in [9.17, 15) is 14.4 Å². The van der Waals surface area contributed by atoms with Crippen molar-refractivity contribution in [2.75, 3.05) is 7.11 Å². The fraction of sp³-hybridized carbons (Fsp3) is 0.286. The van der Waals surface area contributed by atoms with E-state index >= 15 is 0 Å². The molecule has 1 rings (SSSR count). The van der Waals surface area contributed by atoms with Crippen LogP contribution in [0, 0.1) is 0 Å². The van der Waals surface area contributed by atoms with Gasteiger partial charge in [0.15, 0.2) is 0 Å². The smallest absolute Gasteiger partial charge is 0.422 e. The normalized spacial score (nSPS) is 9.86. The summed E-state index contributed by atoms with van der Waals surface area (Å²) in [5.41, 5.74) is -1.91. The van der Waals surface area contributed by atoms with Crippen LogP contribution in [-0.4, -0.2) is 27.4 Å². The largest absolute Gasteiger partial charge is 0.490 e. The van der Waals surface area contributed by atoms with E-state index < -0.39 is 17.3 Å². The maximum atomic E-state index is 11.3. The third kappa shape index (κ3) is 1.39. The Hall–Kier alpha value is -2.05. The molecule has 0 bridgehead atoms. The van der Waals surface area contributed by atoms with Crippen molar-refractivity contribution in [2.45, 2.75) is 0 Å². The number of aryl methyl sites for hydroxylation is 1. The fourth-order valence-corrected chi connectivity index (χ4v) is 0.950. The van der Waals surface area contributed by atoms with E-state index in [1.165, 1.54) is 14.2 Å². The molecule has 0 fully saturated rings. The van der Waals surface area contributed by atoms with Gasteiger partial charge in [0.25, 0.3) is 0 Å². The average Bonchev–Trinajstić information content (AvgIpc) is 2.11. The van der Waals surface area contributed by atoms with Crippen molar-refractivity contribution in [3.8, 4) is 5.75 Å². The van der Waals surface area contributed by atoms with Gasteiger partial charge in [-0.05, 0) is 0 Å². The standard InChI is InChI=1S/C7H8N2O5/c1-8-3-4(14-2)5(10)9(6(8)11)7(12)13/h3H,1-2H3,(H,12,13). The second-order valence-corrected chi connectivity index (χ2v) is 2.51. The Labute approximate surface area is 77.8 Å². The molecule has 0 spiro atoms. The third-order valence-corrected chi connectivity index (χ3v) is 1.63. The minimum atomic E-state index is -1.63. The molecule has 1 aromatic rings. The van der Waals surface area contributed by atoms with Gasteiger partial charge in [-0.2, -0.15) is 4.57 Å². The minimum absolute atomic E-state index is 0.0822. The van der Waals surface area contributed by atoms with Crippen molar-refractivity contribution in [2.24, 2.45) is 7.05 Å². The van der Waals surface area contributed by atoms with Gasteiger partial charge in [0.05, 0.1) is 13.3 Å². The molecule has 7 nitrogen and oxygen atoms in total. The summed E-state index contributed by atoms with van der Waals surface area (Å²) in [5.74, 6) is -0.200. The molecule has 14 heavy (non-hydrogen) atoms. The van der Waals surface area contributed by atoms with Crippen LogP contribution in [0.15, 0.2) is 15.8 Å². The Morgan fingerprint density at radius 3 is 2.50 bits per heavy atom. The number of hydrogen-bond donors (Lipinski definition) is 1. The zero-order chi connectivity index (χ0) is 10.9. The highest BCUT2D eigenvalue weighted by Crippen LogP contribution is 1.96. The van der Waals surface area contributed by atoms with Gasteiger partial charge in [-0.3, -0.25) is 9.36 Å². The Morgan fingerprint density at radius 1 is 1.50 bits per heavy atom. The van der Waals surface area contributed by atoms with E-state index in [0.29, 0.717) is 0 Å². The lowest BCUT2D eigenvalue weighted by Crippen LogP contribution is -2.42. The summed E-state index contributed by atoms with van der Waals surface area (Å²) in [6, 6.07) is 0. The highest BCUT2D eigenvalue weighted by atomic mass is 16.5. The van der Waals surface area contributed by atoms with Crippen molar-refractivity contribution in [3.05, 3.63) is 27.0 Å². The molecule has 0 unspecified atom stereocenters. The van der Waals surface area contributed by atoms with Gasteiger partial charge in [-0.1, -0.05) is 0 Å². The molecule has 7 heteroatoms. The molecule has 0 amide bonds. The number of hydrogen-bond acceptors (Lipinski definition) is 4. The van der Waals surface area contributed by atoms with Crippen molar-refractivity contribution < 1.29 is 14.6 Å². The predicted molar refractivity (Wildman–Crippen MR) is 45.9 cm³/mol. The van der Waals surface area contributed by atoms with E-state index in [0.717, 1.165) is 10.8 Å². The van der Waals surface area contributed by atoms with Crippen molar-refractivity contribution in [1.82, 2.24) is 9.13 Å². The second kappa shape index (κ2) is 3.36. The number of aromatic nitrogens is 2. The van der Waals surface area contributed by atoms with Gasteiger partial charge in [0.2, 0.25) is 5.75 Å². The van der Waals surface area contributed by atoms with Gasteiger partial charge < -0.3 is 9.84 Å². The van der Waals surface area contributed by atoms with Crippen LogP contribution in [0.4, 0.5) is 4.79 Å². The molecule has 0 aliphatic carbocycles. The summed E-state index contributed by atoms with van der Waals surface area (Å²) in [7, 11) is 2.54. The van der Waals surface area contributed by atoms with Crippen LogP contribution in [0.1, 0.15) is 0 Å². The van der Waals surface area contributed by atoms with E-state index in [4.69, 9.17) is 5.11 Å². The molecule has 1 heterocycles. The molecule has 76 valence electrons. The molecule has 1 N–H and O–H groups in total. The van der Waals surface area contributed by atoms with Gasteiger partial charge >= 0.3 is 17.3 Å². The Bertz CT molecular complexity index is 484. The van der Waals surface area contributed by atoms with Crippen LogP contribution in [0.25, 0.3) is 0 Å². The van der Waals surface area contributed by atoms with E-state index in [1.807, 2.05) is 0 Å². The number of ether oxygens (including phenoxy) is 1. The summed E-state index contributed by atoms with van der Waals surface area (Å²) in [6.07, 6.45) is -0.501. The lowest BCUT2D eigenvalue weighted by molar-refractivity contribution is 0.192. The van der Waals surface area contributed by atoms with Gasteiger partial charge in [0, 0.05) is 7.05 Å². The SMILES string of the molecule is COc1cn(C)c(=O)n(C(=O)O)c1=O. The molecular weight excluding hydrogens is 192 g/mol. The summed E-state index contributed by atoms with van der Waals surface area (Å²) in [4.78, 5) is 33.0. The first-order valence-electron chi connectivity index (χ1n) is 3.59. The first kappa shape index (κ1) is 10.0.